The van der Waals surface area contributed by atoms with Gasteiger partial charge < -0.3 is 15.4 Å². The van der Waals surface area contributed by atoms with Gasteiger partial charge in [-0.05, 0) is 43.7 Å². The molecule has 1 heterocycles. The predicted molar refractivity (Wildman–Crippen MR) is 91.5 cm³/mol. The van der Waals surface area contributed by atoms with Crippen molar-refractivity contribution in [3.63, 3.8) is 0 Å². The summed E-state index contributed by atoms with van der Waals surface area (Å²) in [7, 11) is 0. The molecule has 3 atom stereocenters. The molecule has 24 heavy (non-hydrogen) atoms. The predicted octanol–water partition coefficient (Wildman–Crippen LogP) is 3.70. The normalized spacial score (nSPS) is 26.8. The Morgan fingerprint density at radius 2 is 2.04 bits per heavy atom. The number of hydrogen-bond donors (Lipinski definition) is 2. The van der Waals surface area contributed by atoms with Crippen molar-refractivity contribution in [2.24, 2.45) is 5.92 Å². The van der Waals surface area contributed by atoms with Crippen LogP contribution in [0.1, 0.15) is 44.7 Å². The van der Waals surface area contributed by atoms with Gasteiger partial charge in [0, 0.05) is 10.7 Å². The molecule has 1 aromatic carbocycles. The highest BCUT2D eigenvalue weighted by molar-refractivity contribution is 6.31. The van der Waals surface area contributed by atoms with Crippen molar-refractivity contribution in [1.29, 1.82) is 0 Å². The quantitative estimate of drug-likeness (QED) is 0.818. The number of rotatable bonds is 3. The van der Waals surface area contributed by atoms with Crippen LogP contribution in [0.3, 0.4) is 0 Å². The van der Waals surface area contributed by atoms with E-state index in [1.807, 2.05) is 12.1 Å². The van der Waals surface area contributed by atoms with E-state index in [0.717, 1.165) is 19.3 Å². The fourth-order valence-electron chi connectivity index (χ4n) is 3.39. The molecular weight excluding hydrogens is 328 g/mol. The number of halogens is 1. The topological polar surface area (TPSA) is 67.4 Å². The van der Waals surface area contributed by atoms with Gasteiger partial charge in [-0.15, -0.1) is 0 Å². The SMILES string of the molecule is CC1=C(C(=O)O[C@@H]2CCC[C@@H]2C)[C@H](c2ccccc2Cl)NC(=O)N1. The molecule has 0 unspecified atom stereocenters. The molecule has 1 saturated carbocycles. The van der Waals surface area contributed by atoms with Gasteiger partial charge in [0.1, 0.15) is 6.10 Å². The van der Waals surface area contributed by atoms with Crippen molar-refractivity contribution in [1.82, 2.24) is 10.6 Å². The summed E-state index contributed by atoms with van der Waals surface area (Å²) in [4.78, 5) is 24.7. The number of hydrogen-bond acceptors (Lipinski definition) is 3. The lowest BCUT2D eigenvalue weighted by atomic mass is 9.95. The zero-order chi connectivity index (χ0) is 17.3. The summed E-state index contributed by atoms with van der Waals surface area (Å²) in [6.07, 6.45) is 2.96. The molecule has 3 rings (SSSR count). The smallest absolute Gasteiger partial charge is 0.338 e. The van der Waals surface area contributed by atoms with Gasteiger partial charge in [0.25, 0.3) is 0 Å². The molecule has 2 N–H and O–H groups in total. The zero-order valence-electron chi connectivity index (χ0n) is 13.8. The summed E-state index contributed by atoms with van der Waals surface area (Å²) in [5, 5.41) is 5.93. The lowest BCUT2D eigenvalue weighted by molar-refractivity contribution is -0.146. The maximum Gasteiger partial charge on any atom is 0.338 e. The molecule has 0 radical (unpaired) electrons. The highest BCUT2D eigenvalue weighted by atomic mass is 35.5. The molecule has 2 amide bonds. The standard InChI is InChI=1S/C18H21ClN2O3/c1-10-6-5-9-14(10)24-17(22)15-11(2)20-18(23)21-16(15)12-7-3-4-8-13(12)19/h3-4,7-8,10,14,16H,5-6,9H2,1-2H3,(H2,20,21,23)/t10-,14+,16-/m0/s1. The molecule has 1 aliphatic carbocycles. The molecule has 6 heteroatoms. The van der Waals surface area contributed by atoms with Crippen molar-refractivity contribution < 1.29 is 14.3 Å². The molecule has 5 nitrogen and oxygen atoms in total. The van der Waals surface area contributed by atoms with Gasteiger partial charge in [-0.2, -0.15) is 0 Å². The number of urea groups is 1. The zero-order valence-corrected chi connectivity index (χ0v) is 14.5. The second kappa shape index (κ2) is 6.85. The van der Waals surface area contributed by atoms with Crippen LogP contribution in [0.25, 0.3) is 0 Å². The summed E-state index contributed by atoms with van der Waals surface area (Å²) < 4.78 is 5.73. The Balaban J connectivity index is 1.92. The van der Waals surface area contributed by atoms with Crippen LogP contribution in [0.15, 0.2) is 35.5 Å². The third-order valence-electron chi connectivity index (χ3n) is 4.75. The number of nitrogens with one attached hydrogen (secondary N) is 2. The number of esters is 1. The fourth-order valence-corrected chi connectivity index (χ4v) is 3.64. The molecule has 128 valence electrons. The van der Waals surface area contributed by atoms with Crippen LogP contribution < -0.4 is 10.6 Å². The molecule has 0 aromatic heterocycles. The fraction of sp³-hybridized carbons (Fsp3) is 0.444. The van der Waals surface area contributed by atoms with Crippen molar-refractivity contribution >= 4 is 23.6 Å². The van der Waals surface area contributed by atoms with E-state index in [-0.39, 0.29) is 12.1 Å². The third kappa shape index (κ3) is 3.26. The first kappa shape index (κ1) is 16.8. The number of carbonyl (C=O) groups excluding carboxylic acids is 2. The largest absolute Gasteiger partial charge is 0.459 e. The van der Waals surface area contributed by atoms with E-state index in [0.29, 0.717) is 27.8 Å². The summed E-state index contributed by atoms with van der Waals surface area (Å²) in [5.41, 5.74) is 1.58. The Hall–Kier alpha value is -2.01. The first-order chi connectivity index (χ1) is 11.5. The second-order valence-corrected chi connectivity index (χ2v) is 6.85. The molecule has 1 fully saturated rings. The van der Waals surface area contributed by atoms with Crippen LogP contribution in [0.2, 0.25) is 5.02 Å². The number of ether oxygens (including phenoxy) is 1. The van der Waals surface area contributed by atoms with E-state index in [1.54, 1.807) is 19.1 Å². The van der Waals surface area contributed by atoms with E-state index >= 15 is 0 Å². The Bertz CT molecular complexity index is 701. The Kier molecular flexibility index (Phi) is 4.81. The van der Waals surface area contributed by atoms with Crippen molar-refractivity contribution in [2.45, 2.75) is 45.3 Å². The Morgan fingerprint density at radius 1 is 1.29 bits per heavy atom. The average Bonchev–Trinajstić information content (AvgIpc) is 2.92. The highest BCUT2D eigenvalue weighted by Crippen LogP contribution is 2.34. The van der Waals surface area contributed by atoms with Crippen LogP contribution in [0, 0.1) is 5.92 Å². The second-order valence-electron chi connectivity index (χ2n) is 6.44. The van der Waals surface area contributed by atoms with E-state index in [4.69, 9.17) is 16.3 Å². The molecule has 0 spiro atoms. The van der Waals surface area contributed by atoms with Gasteiger partial charge in [0.05, 0.1) is 11.6 Å². The van der Waals surface area contributed by atoms with Crippen LogP contribution in [-0.4, -0.2) is 18.1 Å². The minimum atomic E-state index is -0.614. The maximum absolute atomic E-state index is 12.8. The maximum atomic E-state index is 12.8. The minimum Gasteiger partial charge on any atom is -0.459 e. The number of allylic oxidation sites excluding steroid dienone is 1. The van der Waals surface area contributed by atoms with Gasteiger partial charge in [0.2, 0.25) is 0 Å². The summed E-state index contributed by atoms with van der Waals surface area (Å²) >= 11 is 6.27. The first-order valence-corrected chi connectivity index (χ1v) is 8.59. The minimum absolute atomic E-state index is 0.0673. The highest BCUT2D eigenvalue weighted by Gasteiger charge is 2.36. The van der Waals surface area contributed by atoms with Crippen LogP contribution in [0.4, 0.5) is 4.79 Å². The van der Waals surface area contributed by atoms with Gasteiger partial charge in [-0.1, -0.05) is 36.7 Å². The van der Waals surface area contributed by atoms with Crippen LogP contribution in [0.5, 0.6) is 0 Å². The van der Waals surface area contributed by atoms with Gasteiger partial charge in [0.15, 0.2) is 0 Å². The van der Waals surface area contributed by atoms with Crippen LogP contribution >= 0.6 is 11.6 Å². The summed E-state index contributed by atoms with van der Waals surface area (Å²) in [5.74, 6) is -0.0385. The van der Waals surface area contributed by atoms with E-state index < -0.39 is 12.0 Å². The Morgan fingerprint density at radius 3 is 2.71 bits per heavy atom. The van der Waals surface area contributed by atoms with E-state index in [2.05, 4.69) is 17.6 Å². The third-order valence-corrected chi connectivity index (χ3v) is 5.09. The van der Waals surface area contributed by atoms with Crippen molar-refractivity contribution in [2.75, 3.05) is 0 Å². The number of carbonyl (C=O) groups is 2. The van der Waals surface area contributed by atoms with Crippen molar-refractivity contribution in [3.05, 3.63) is 46.1 Å². The van der Waals surface area contributed by atoms with E-state index in [9.17, 15) is 9.59 Å². The summed E-state index contributed by atoms with van der Waals surface area (Å²) in [6, 6.07) is 6.20. The molecular formula is C18H21ClN2O3. The number of amides is 2. The lowest BCUT2D eigenvalue weighted by Crippen LogP contribution is -2.45. The van der Waals surface area contributed by atoms with Gasteiger partial charge in [-0.3, -0.25) is 0 Å². The summed E-state index contributed by atoms with van der Waals surface area (Å²) in [6.45, 7) is 3.80. The molecule has 1 aliphatic heterocycles. The van der Waals surface area contributed by atoms with Crippen LogP contribution in [-0.2, 0) is 9.53 Å². The van der Waals surface area contributed by atoms with Crippen molar-refractivity contribution in [3.8, 4) is 0 Å². The molecule has 0 saturated heterocycles. The molecule has 2 aliphatic rings. The molecule has 1 aromatic rings. The lowest BCUT2D eigenvalue weighted by Gasteiger charge is -2.29. The van der Waals surface area contributed by atoms with E-state index in [1.165, 1.54) is 0 Å². The monoisotopic (exact) mass is 348 g/mol. The average molecular weight is 349 g/mol. The van der Waals surface area contributed by atoms with Gasteiger partial charge >= 0.3 is 12.0 Å². The van der Waals surface area contributed by atoms with Gasteiger partial charge in [-0.25, -0.2) is 9.59 Å². The molecule has 0 bridgehead atoms. The number of benzene rings is 1. The first-order valence-electron chi connectivity index (χ1n) is 8.21. The Labute approximate surface area is 146 Å².